The number of methoxy groups -OCH3 is 2. The molecule has 1 amide bonds. The minimum Gasteiger partial charge on any atom is -0.497 e. The first-order chi connectivity index (χ1) is 17.2. The molecule has 0 radical (unpaired) electrons. The molecule has 1 N–H and O–H groups in total. The molecule has 0 unspecified atom stereocenters. The van der Waals surface area contributed by atoms with Gasteiger partial charge in [-0.1, -0.05) is 24.3 Å². The van der Waals surface area contributed by atoms with E-state index in [1.807, 2.05) is 24.3 Å². The molecule has 0 aliphatic carbocycles. The molecule has 3 rings (SSSR count). The van der Waals surface area contributed by atoms with Gasteiger partial charge in [-0.25, -0.2) is 0 Å². The van der Waals surface area contributed by atoms with Crippen LogP contribution in [0.5, 0.6) is 11.5 Å². The molecule has 0 aromatic heterocycles. The lowest BCUT2D eigenvalue weighted by atomic mass is 9.94. The summed E-state index contributed by atoms with van der Waals surface area (Å²) in [5.74, 6) is 1.42. The van der Waals surface area contributed by atoms with Gasteiger partial charge in [0.05, 0.1) is 20.0 Å². The van der Waals surface area contributed by atoms with Gasteiger partial charge in [-0.2, -0.15) is 20.2 Å². The van der Waals surface area contributed by atoms with E-state index in [-0.39, 0.29) is 42.7 Å². The SMILES string of the molecule is COc1ccc(/C=C2\CN(C(=O)CCSCCS(=O)(=O)O)C/C(=C\c3ccc(OC)cc3)C2=O)cc1. The van der Waals surface area contributed by atoms with Crippen LogP contribution in [0.15, 0.2) is 59.7 Å². The van der Waals surface area contributed by atoms with Crippen molar-refractivity contribution in [1.82, 2.24) is 4.90 Å². The molecule has 8 nitrogen and oxygen atoms in total. The van der Waals surface area contributed by atoms with Gasteiger partial charge in [-0.05, 0) is 47.5 Å². The number of thioether (sulfide) groups is 1. The predicted octanol–water partition coefficient (Wildman–Crippen LogP) is 3.59. The van der Waals surface area contributed by atoms with Crippen LogP contribution in [0.2, 0.25) is 0 Å². The number of benzene rings is 2. The molecule has 1 aliphatic heterocycles. The summed E-state index contributed by atoms with van der Waals surface area (Å²) in [6, 6.07) is 14.6. The molecule has 1 fully saturated rings. The van der Waals surface area contributed by atoms with Crippen LogP contribution in [0, 0.1) is 0 Å². The second-order valence-corrected chi connectivity index (χ2v) is 10.9. The maximum absolute atomic E-state index is 13.3. The van der Waals surface area contributed by atoms with E-state index in [1.165, 1.54) is 11.8 Å². The van der Waals surface area contributed by atoms with Gasteiger partial charge >= 0.3 is 0 Å². The standard InChI is InChI=1S/C26H29NO7S2/c1-33-23-7-3-19(4-8-23)15-21-17-27(25(28)11-12-35-13-14-36(30,31)32)18-22(26(21)29)16-20-5-9-24(34-2)10-6-20/h3-10,15-16H,11-14,17-18H2,1-2H3,(H,30,31,32)/b21-15+,22-16+. The van der Waals surface area contributed by atoms with Crippen molar-refractivity contribution in [3.05, 3.63) is 70.8 Å². The van der Waals surface area contributed by atoms with E-state index >= 15 is 0 Å². The quantitative estimate of drug-likeness (QED) is 0.281. The van der Waals surface area contributed by atoms with E-state index in [1.54, 1.807) is 55.5 Å². The number of nitrogens with zero attached hydrogens (tertiary/aromatic N) is 1. The van der Waals surface area contributed by atoms with E-state index in [0.29, 0.717) is 28.4 Å². The van der Waals surface area contributed by atoms with Gasteiger partial charge in [0.1, 0.15) is 11.5 Å². The molecule has 0 bridgehead atoms. The number of hydrogen-bond acceptors (Lipinski definition) is 7. The average molecular weight is 532 g/mol. The van der Waals surface area contributed by atoms with Crippen molar-refractivity contribution in [2.24, 2.45) is 0 Å². The topological polar surface area (TPSA) is 110 Å². The van der Waals surface area contributed by atoms with Crippen molar-refractivity contribution in [3.8, 4) is 11.5 Å². The summed E-state index contributed by atoms with van der Waals surface area (Å²) >= 11 is 1.28. The highest BCUT2D eigenvalue weighted by atomic mass is 32.2. The number of rotatable bonds is 10. The van der Waals surface area contributed by atoms with E-state index in [0.717, 1.165) is 11.1 Å². The molecule has 2 aromatic rings. The molecular weight excluding hydrogens is 502 g/mol. The Balaban J connectivity index is 1.80. The summed E-state index contributed by atoms with van der Waals surface area (Å²) in [5.41, 5.74) is 2.63. The van der Waals surface area contributed by atoms with Crippen molar-refractivity contribution in [2.75, 3.05) is 44.6 Å². The van der Waals surface area contributed by atoms with Crippen LogP contribution in [0.4, 0.5) is 0 Å². The van der Waals surface area contributed by atoms with E-state index in [9.17, 15) is 18.0 Å². The number of ketones is 1. The maximum atomic E-state index is 13.3. The summed E-state index contributed by atoms with van der Waals surface area (Å²) in [7, 11) is -0.854. The highest BCUT2D eigenvalue weighted by Crippen LogP contribution is 2.24. The van der Waals surface area contributed by atoms with Gasteiger partial charge in [-0.3, -0.25) is 14.1 Å². The minimum absolute atomic E-state index is 0.117. The molecule has 1 saturated heterocycles. The minimum atomic E-state index is -4.02. The summed E-state index contributed by atoms with van der Waals surface area (Å²) in [5, 5.41) is 0. The van der Waals surface area contributed by atoms with Gasteiger partial charge in [0.2, 0.25) is 5.91 Å². The first-order valence-electron chi connectivity index (χ1n) is 11.2. The Kier molecular flexibility index (Phi) is 9.74. The number of Topliss-reactive ketones (excluding diaryl/α,β-unsaturated/α-hetero) is 1. The first kappa shape index (κ1) is 27.5. The molecule has 0 spiro atoms. The molecule has 1 heterocycles. The Morgan fingerprint density at radius 1 is 0.917 bits per heavy atom. The molecule has 0 saturated carbocycles. The Bertz CT molecular complexity index is 1160. The second-order valence-electron chi connectivity index (χ2n) is 8.11. The highest BCUT2D eigenvalue weighted by molar-refractivity contribution is 8.00. The molecular formula is C26H29NO7S2. The average Bonchev–Trinajstić information content (AvgIpc) is 2.86. The lowest BCUT2D eigenvalue weighted by molar-refractivity contribution is -0.130. The van der Waals surface area contributed by atoms with Gasteiger partial charge in [0.15, 0.2) is 5.78 Å². The van der Waals surface area contributed by atoms with Crippen LogP contribution >= 0.6 is 11.8 Å². The Labute approximate surface area is 215 Å². The Morgan fingerprint density at radius 2 is 1.39 bits per heavy atom. The zero-order valence-electron chi connectivity index (χ0n) is 20.2. The normalized spacial score (nSPS) is 16.4. The maximum Gasteiger partial charge on any atom is 0.265 e. The van der Waals surface area contributed by atoms with Crippen molar-refractivity contribution < 1.29 is 32.0 Å². The van der Waals surface area contributed by atoms with E-state index in [4.69, 9.17) is 14.0 Å². The highest BCUT2D eigenvalue weighted by Gasteiger charge is 2.28. The van der Waals surface area contributed by atoms with Crippen molar-refractivity contribution in [1.29, 1.82) is 0 Å². The fourth-order valence-corrected chi connectivity index (χ4v) is 5.44. The number of hydrogen-bond donors (Lipinski definition) is 1. The third-order valence-electron chi connectivity index (χ3n) is 5.52. The van der Waals surface area contributed by atoms with Crippen LogP contribution in [0.25, 0.3) is 12.2 Å². The number of ether oxygens (including phenoxy) is 2. The monoisotopic (exact) mass is 531 g/mol. The summed E-state index contributed by atoms with van der Waals surface area (Å²) in [6.45, 7) is 0.360. The van der Waals surface area contributed by atoms with Gasteiger partial charge in [-0.15, -0.1) is 0 Å². The van der Waals surface area contributed by atoms with Gasteiger partial charge in [0, 0.05) is 42.2 Å². The zero-order chi connectivity index (χ0) is 26.1. The molecule has 192 valence electrons. The van der Waals surface area contributed by atoms with E-state index in [2.05, 4.69) is 0 Å². The molecule has 10 heteroatoms. The van der Waals surface area contributed by atoms with Crippen LogP contribution in [0.1, 0.15) is 17.5 Å². The summed E-state index contributed by atoms with van der Waals surface area (Å²) < 4.78 is 40.9. The van der Waals surface area contributed by atoms with Crippen LogP contribution < -0.4 is 9.47 Å². The molecule has 1 aliphatic rings. The number of piperidine rings is 1. The molecule has 36 heavy (non-hydrogen) atoms. The number of amides is 1. The fraction of sp³-hybridized carbons (Fsp3) is 0.308. The third-order valence-corrected chi connectivity index (χ3v) is 7.48. The van der Waals surface area contributed by atoms with Crippen molar-refractivity contribution in [3.63, 3.8) is 0 Å². The smallest absolute Gasteiger partial charge is 0.265 e. The van der Waals surface area contributed by atoms with Crippen LogP contribution in [-0.2, 0) is 19.7 Å². The zero-order valence-corrected chi connectivity index (χ0v) is 21.8. The first-order valence-corrected chi connectivity index (χ1v) is 14.0. The van der Waals surface area contributed by atoms with Crippen molar-refractivity contribution in [2.45, 2.75) is 6.42 Å². The predicted molar refractivity (Wildman–Crippen MR) is 142 cm³/mol. The van der Waals surface area contributed by atoms with Crippen molar-refractivity contribution >= 4 is 45.7 Å². The summed E-state index contributed by atoms with van der Waals surface area (Å²) in [4.78, 5) is 27.9. The largest absolute Gasteiger partial charge is 0.497 e. The molecule has 0 atom stereocenters. The second kappa shape index (κ2) is 12.8. The fourth-order valence-electron chi connectivity index (χ4n) is 3.60. The molecule has 2 aromatic carbocycles. The Hall–Kier alpha value is -3.08. The van der Waals surface area contributed by atoms with E-state index < -0.39 is 10.1 Å². The van der Waals surface area contributed by atoms with Crippen LogP contribution in [-0.4, -0.2) is 74.1 Å². The van der Waals surface area contributed by atoms with Gasteiger partial charge in [0.25, 0.3) is 10.1 Å². The lowest BCUT2D eigenvalue weighted by Gasteiger charge is -2.30. The summed E-state index contributed by atoms with van der Waals surface area (Å²) in [6.07, 6.45) is 3.75. The third kappa shape index (κ3) is 8.25. The number of carbonyl (C=O) groups is 2. The van der Waals surface area contributed by atoms with Crippen LogP contribution in [0.3, 0.4) is 0 Å². The lowest BCUT2D eigenvalue weighted by Crippen LogP contribution is -2.41. The number of likely N-dealkylation sites (tertiary alicyclic amines) is 1. The van der Waals surface area contributed by atoms with Gasteiger partial charge < -0.3 is 14.4 Å². The number of carbonyl (C=O) groups excluding carboxylic acids is 2. The Morgan fingerprint density at radius 3 is 1.81 bits per heavy atom.